The highest BCUT2D eigenvalue weighted by Crippen LogP contribution is 2.50. The molecule has 1 saturated carbocycles. The van der Waals surface area contributed by atoms with Crippen LogP contribution in [0.4, 0.5) is 10.5 Å². The van der Waals surface area contributed by atoms with Crippen molar-refractivity contribution in [3.05, 3.63) is 59.2 Å². The molecule has 4 rings (SSSR count). The van der Waals surface area contributed by atoms with E-state index >= 15 is 0 Å². The molecule has 9 nitrogen and oxygen atoms in total. The first-order valence-electron chi connectivity index (χ1n) is 10.9. The third-order valence-corrected chi connectivity index (χ3v) is 6.74. The van der Waals surface area contributed by atoms with Gasteiger partial charge < -0.3 is 15.2 Å². The van der Waals surface area contributed by atoms with Crippen molar-refractivity contribution in [1.82, 2.24) is 10.2 Å². The SMILES string of the molecule is CCc1cc(NO)ccc1[C@H]1C(=O)[C@]2(CNCCN2C(=O)O)C(=O)[C@H]1c1cccc(OC)c1. The Labute approximate surface area is 191 Å². The summed E-state index contributed by atoms with van der Waals surface area (Å²) < 4.78 is 5.34. The Hall–Kier alpha value is -3.43. The molecule has 1 spiro atoms. The largest absolute Gasteiger partial charge is 0.497 e. The van der Waals surface area contributed by atoms with Crippen LogP contribution in [0.3, 0.4) is 0 Å². The lowest BCUT2D eigenvalue weighted by molar-refractivity contribution is -0.138. The van der Waals surface area contributed by atoms with E-state index in [2.05, 4.69) is 10.8 Å². The summed E-state index contributed by atoms with van der Waals surface area (Å²) in [5.41, 5.74) is 2.80. The maximum Gasteiger partial charge on any atom is 0.408 e. The van der Waals surface area contributed by atoms with Gasteiger partial charge in [0.15, 0.2) is 17.1 Å². The van der Waals surface area contributed by atoms with Crippen molar-refractivity contribution in [1.29, 1.82) is 0 Å². The second-order valence-electron chi connectivity index (χ2n) is 8.31. The molecule has 2 fully saturated rings. The average Bonchev–Trinajstić information content (AvgIpc) is 3.05. The van der Waals surface area contributed by atoms with Crippen LogP contribution in [-0.2, 0) is 16.0 Å². The summed E-state index contributed by atoms with van der Waals surface area (Å²) in [6.07, 6.45) is -0.736. The van der Waals surface area contributed by atoms with E-state index in [1.165, 1.54) is 7.11 Å². The molecule has 3 atom stereocenters. The average molecular weight is 453 g/mol. The molecule has 1 amide bonds. The molecule has 174 valence electrons. The van der Waals surface area contributed by atoms with Gasteiger partial charge in [-0.2, -0.15) is 0 Å². The molecular formula is C24H27N3O6. The van der Waals surface area contributed by atoms with Crippen LogP contribution in [0.1, 0.15) is 35.4 Å². The van der Waals surface area contributed by atoms with E-state index in [0.717, 1.165) is 10.5 Å². The van der Waals surface area contributed by atoms with Crippen molar-refractivity contribution in [3.8, 4) is 5.75 Å². The Morgan fingerprint density at radius 3 is 2.64 bits per heavy atom. The van der Waals surface area contributed by atoms with Gasteiger partial charge in [-0.1, -0.05) is 25.1 Å². The van der Waals surface area contributed by atoms with Gasteiger partial charge in [0, 0.05) is 19.6 Å². The molecule has 0 radical (unpaired) electrons. The van der Waals surface area contributed by atoms with Crippen LogP contribution in [0.5, 0.6) is 5.75 Å². The van der Waals surface area contributed by atoms with Crippen LogP contribution in [0.15, 0.2) is 42.5 Å². The van der Waals surface area contributed by atoms with Gasteiger partial charge in [-0.3, -0.25) is 25.2 Å². The van der Waals surface area contributed by atoms with Crippen LogP contribution in [0.25, 0.3) is 0 Å². The van der Waals surface area contributed by atoms with Crippen molar-refractivity contribution in [2.24, 2.45) is 0 Å². The first-order valence-corrected chi connectivity index (χ1v) is 10.9. The quantitative estimate of drug-likeness (QED) is 0.401. The van der Waals surface area contributed by atoms with Gasteiger partial charge in [-0.25, -0.2) is 4.79 Å². The highest BCUT2D eigenvalue weighted by Gasteiger charge is 2.65. The van der Waals surface area contributed by atoms with Gasteiger partial charge in [0.2, 0.25) is 0 Å². The number of rotatable bonds is 5. The molecule has 0 bridgehead atoms. The standard InChI is InChI=1S/C24H27N3O6/c1-3-14-11-16(26-32)7-8-18(14)20-19(15-5-4-6-17(12-15)33-2)21(28)24(22(20)29)13-25-9-10-27(24)23(30)31/h4-8,11-12,19-20,25-26,32H,3,9-10,13H2,1-2H3,(H,30,31)/t19-,20+,24-/m0/s1. The summed E-state index contributed by atoms with van der Waals surface area (Å²) in [5.74, 6) is -2.09. The third-order valence-electron chi connectivity index (χ3n) is 6.74. The molecule has 0 aromatic heterocycles. The lowest BCUT2D eigenvalue weighted by Crippen LogP contribution is -2.68. The number of benzene rings is 2. The number of carbonyl (C=O) groups is 3. The number of anilines is 1. The molecule has 1 saturated heterocycles. The van der Waals surface area contributed by atoms with Gasteiger partial charge in [0.25, 0.3) is 0 Å². The van der Waals surface area contributed by atoms with E-state index in [-0.39, 0.29) is 13.1 Å². The number of methoxy groups -OCH3 is 1. The lowest BCUT2D eigenvalue weighted by Gasteiger charge is -2.41. The molecule has 4 N–H and O–H groups in total. The number of amides is 1. The molecule has 2 aliphatic rings. The lowest BCUT2D eigenvalue weighted by atomic mass is 9.80. The topological polar surface area (TPSA) is 128 Å². The molecule has 2 aromatic rings. The number of piperazine rings is 1. The van der Waals surface area contributed by atoms with Crippen LogP contribution in [0.2, 0.25) is 0 Å². The summed E-state index contributed by atoms with van der Waals surface area (Å²) in [4.78, 5) is 41.3. The fourth-order valence-corrected chi connectivity index (χ4v) is 5.17. The smallest absolute Gasteiger partial charge is 0.408 e. The van der Waals surface area contributed by atoms with Gasteiger partial charge in [0.1, 0.15) is 5.75 Å². The number of carboxylic acid groups (broad SMARTS) is 1. The number of carbonyl (C=O) groups excluding carboxylic acids is 2. The Kier molecular flexibility index (Phi) is 6.09. The van der Waals surface area contributed by atoms with Crippen molar-refractivity contribution < 1.29 is 29.4 Å². The minimum Gasteiger partial charge on any atom is -0.497 e. The number of hydrogen-bond donors (Lipinski definition) is 4. The fourth-order valence-electron chi connectivity index (χ4n) is 5.17. The number of Topliss-reactive ketones (excluding diaryl/α,β-unsaturated/α-hetero) is 2. The predicted octanol–water partition coefficient (Wildman–Crippen LogP) is 2.40. The van der Waals surface area contributed by atoms with Gasteiger partial charge >= 0.3 is 6.09 Å². The molecule has 1 aliphatic carbocycles. The first kappa shape index (κ1) is 22.8. The van der Waals surface area contributed by atoms with Crippen molar-refractivity contribution >= 4 is 23.3 Å². The maximum atomic E-state index is 14.1. The summed E-state index contributed by atoms with van der Waals surface area (Å²) >= 11 is 0. The number of ether oxygens (including phenoxy) is 1. The molecule has 1 heterocycles. The summed E-state index contributed by atoms with van der Waals surface area (Å²) in [7, 11) is 1.52. The maximum absolute atomic E-state index is 14.1. The second-order valence-corrected chi connectivity index (χ2v) is 8.31. The van der Waals surface area contributed by atoms with E-state index in [1.54, 1.807) is 42.5 Å². The van der Waals surface area contributed by atoms with Crippen molar-refractivity contribution in [3.63, 3.8) is 0 Å². The summed E-state index contributed by atoms with van der Waals surface area (Å²) in [6, 6.07) is 12.1. The first-order chi connectivity index (χ1) is 15.9. The Balaban J connectivity index is 1.95. The molecule has 0 unspecified atom stereocenters. The highest BCUT2D eigenvalue weighted by atomic mass is 16.5. The van der Waals surface area contributed by atoms with Crippen LogP contribution >= 0.6 is 0 Å². The highest BCUT2D eigenvalue weighted by molar-refractivity contribution is 6.25. The second kappa shape index (κ2) is 8.84. The molecule has 2 aromatic carbocycles. The van der Waals surface area contributed by atoms with Crippen LogP contribution in [-0.4, -0.2) is 65.2 Å². The van der Waals surface area contributed by atoms with Gasteiger partial charge in [-0.05, 0) is 47.4 Å². The molecule has 9 heteroatoms. The van der Waals surface area contributed by atoms with Gasteiger partial charge in [0.05, 0.1) is 24.6 Å². The van der Waals surface area contributed by atoms with Gasteiger partial charge in [-0.15, -0.1) is 0 Å². The minimum atomic E-state index is -1.80. The fraction of sp³-hybridized carbons (Fsp3) is 0.375. The zero-order valence-corrected chi connectivity index (χ0v) is 18.5. The minimum absolute atomic E-state index is 0.0400. The monoisotopic (exact) mass is 453 g/mol. The number of ketones is 2. The number of nitrogens with zero attached hydrogens (tertiary/aromatic N) is 1. The predicted molar refractivity (Wildman–Crippen MR) is 120 cm³/mol. The molecule has 1 aliphatic heterocycles. The third kappa shape index (κ3) is 3.53. The Morgan fingerprint density at radius 2 is 1.97 bits per heavy atom. The Morgan fingerprint density at radius 1 is 1.21 bits per heavy atom. The van der Waals surface area contributed by atoms with E-state index in [1.807, 2.05) is 6.92 Å². The summed E-state index contributed by atoms with van der Waals surface area (Å²) in [5, 5.41) is 22.3. The number of hydrogen-bond acceptors (Lipinski definition) is 7. The number of nitrogens with one attached hydrogen (secondary N) is 2. The van der Waals surface area contributed by atoms with Crippen LogP contribution in [0, 0.1) is 0 Å². The molecule has 33 heavy (non-hydrogen) atoms. The zero-order chi connectivity index (χ0) is 23.8. The van der Waals surface area contributed by atoms with E-state index in [4.69, 9.17) is 4.74 Å². The van der Waals surface area contributed by atoms with Crippen LogP contribution < -0.4 is 15.5 Å². The Bertz CT molecular complexity index is 1100. The van der Waals surface area contributed by atoms with Crippen molar-refractivity contribution in [2.45, 2.75) is 30.7 Å². The summed E-state index contributed by atoms with van der Waals surface area (Å²) in [6.45, 7) is 2.26. The van der Waals surface area contributed by atoms with E-state index in [0.29, 0.717) is 35.5 Å². The molecular weight excluding hydrogens is 426 g/mol. The number of aryl methyl sites for hydroxylation is 1. The van der Waals surface area contributed by atoms with E-state index in [9.17, 15) is 24.7 Å². The van der Waals surface area contributed by atoms with E-state index < -0.39 is 35.0 Å². The van der Waals surface area contributed by atoms with Crippen molar-refractivity contribution in [2.75, 3.05) is 32.2 Å². The zero-order valence-electron chi connectivity index (χ0n) is 18.5. The normalized spacial score (nSPS) is 24.9.